The average molecular weight is 291 g/mol. The van der Waals surface area contributed by atoms with Gasteiger partial charge in [-0.15, -0.1) is 11.3 Å². The van der Waals surface area contributed by atoms with Crippen molar-refractivity contribution in [3.8, 4) is 10.4 Å². The van der Waals surface area contributed by atoms with Crippen LogP contribution in [0.1, 0.15) is 17.7 Å². The molecular formula is C16H18FNOS. The molecule has 0 radical (unpaired) electrons. The first-order valence-electron chi connectivity index (χ1n) is 6.96. The van der Waals surface area contributed by atoms with E-state index in [0.29, 0.717) is 0 Å². The van der Waals surface area contributed by atoms with Crippen LogP contribution in [0.3, 0.4) is 0 Å². The molecule has 2 heterocycles. The molecule has 106 valence electrons. The normalized spacial score (nSPS) is 17.5. The summed E-state index contributed by atoms with van der Waals surface area (Å²) in [5.41, 5.74) is 1.07. The summed E-state index contributed by atoms with van der Waals surface area (Å²) >= 11 is 1.76. The third-order valence-electron chi connectivity index (χ3n) is 3.73. The van der Waals surface area contributed by atoms with Crippen LogP contribution >= 0.6 is 11.3 Å². The fourth-order valence-corrected chi connectivity index (χ4v) is 3.59. The Bertz CT molecular complexity index is 558. The Morgan fingerprint density at radius 2 is 1.80 bits per heavy atom. The number of benzene rings is 1. The van der Waals surface area contributed by atoms with Gasteiger partial charge in [-0.1, -0.05) is 12.1 Å². The molecule has 0 unspecified atom stereocenters. The predicted molar refractivity (Wildman–Crippen MR) is 80.2 cm³/mol. The lowest BCUT2D eigenvalue weighted by Gasteiger charge is -2.28. The van der Waals surface area contributed by atoms with E-state index in [-0.39, 0.29) is 11.9 Å². The van der Waals surface area contributed by atoms with Crippen molar-refractivity contribution in [3.05, 3.63) is 47.1 Å². The first-order valence-corrected chi connectivity index (χ1v) is 7.77. The van der Waals surface area contributed by atoms with E-state index >= 15 is 0 Å². The molecule has 1 saturated heterocycles. The monoisotopic (exact) mass is 291 g/mol. The maximum absolute atomic E-state index is 12.9. The molecule has 3 rings (SSSR count). The number of hydrogen-bond donors (Lipinski definition) is 1. The Labute approximate surface area is 122 Å². The molecule has 1 N–H and O–H groups in total. The number of likely N-dealkylation sites (tertiary alicyclic amines) is 1. The quantitative estimate of drug-likeness (QED) is 0.935. The van der Waals surface area contributed by atoms with Gasteiger partial charge in [0, 0.05) is 29.4 Å². The molecule has 1 aromatic carbocycles. The molecule has 0 amide bonds. The highest BCUT2D eigenvalue weighted by molar-refractivity contribution is 7.15. The molecule has 2 nitrogen and oxygen atoms in total. The maximum Gasteiger partial charge on any atom is 0.123 e. The summed E-state index contributed by atoms with van der Waals surface area (Å²) in [6.45, 7) is 2.87. The third kappa shape index (κ3) is 3.26. The number of hydrogen-bond acceptors (Lipinski definition) is 3. The second-order valence-corrected chi connectivity index (χ2v) is 6.45. The summed E-state index contributed by atoms with van der Waals surface area (Å²) in [6, 6.07) is 10.9. The van der Waals surface area contributed by atoms with Crippen molar-refractivity contribution in [1.82, 2.24) is 4.90 Å². The molecule has 0 atom stereocenters. The van der Waals surface area contributed by atoms with E-state index in [2.05, 4.69) is 17.0 Å². The smallest absolute Gasteiger partial charge is 0.123 e. The standard InChI is InChI=1S/C16H18FNOS/c17-13-3-1-12(2-4-13)16-6-5-15(20-16)11-18-9-7-14(19)8-10-18/h1-6,14,19H,7-11H2. The minimum atomic E-state index is -0.197. The van der Waals surface area contributed by atoms with Crippen LogP contribution in [0.4, 0.5) is 4.39 Å². The van der Waals surface area contributed by atoms with E-state index in [1.54, 1.807) is 11.3 Å². The molecule has 0 aliphatic carbocycles. The van der Waals surface area contributed by atoms with Crippen LogP contribution in [-0.2, 0) is 6.54 Å². The van der Waals surface area contributed by atoms with Gasteiger partial charge in [0.1, 0.15) is 5.82 Å². The summed E-state index contributed by atoms with van der Waals surface area (Å²) in [4.78, 5) is 4.88. The summed E-state index contributed by atoms with van der Waals surface area (Å²) < 4.78 is 12.9. The molecule has 0 saturated carbocycles. The van der Waals surface area contributed by atoms with Crippen LogP contribution in [0, 0.1) is 5.82 Å². The van der Waals surface area contributed by atoms with Gasteiger partial charge in [0.05, 0.1) is 6.10 Å². The summed E-state index contributed by atoms with van der Waals surface area (Å²) in [7, 11) is 0. The first kappa shape index (κ1) is 13.7. The Morgan fingerprint density at radius 1 is 1.10 bits per heavy atom. The van der Waals surface area contributed by atoms with Crippen LogP contribution in [-0.4, -0.2) is 29.2 Å². The van der Waals surface area contributed by atoms with Crippen LogP contribution < -0.4 is 0 Å². The second-order valence-electron chi connectivity index (χ2n) is 5.28. The van der Waals surface area contributed by atoms with Crippen molar-refractivity contribution < 1.29 is 9.50 Å². The average Bonchev–Trinajstić information content (AvgIpc) is 2.91. The van der Waals surface area contributed by atoms with Gasteiger partial charge >= 0.3 is 0 Å². The number of aliphatic hydroxyl groups is 1. The summed E-state index contributed by atoms with van der Waals surface area (Å²) in [6.07, 6.45) is 1.62. The molecular weight excluding hydrogens is 273 g/mol. The molecule has 20 heavy (non-hydrogen) atoms. The van der Waals surface area contributed by atoms with Crippen molar-refractivity contribution >= 4 is 11.3 Å². The highest BCUT2D eigenvalue weighted by Gasteiger charge is 2.17. The second kappa shape index (κ2) is 6.04. The molecule has 1 aliphatic heterocycles. The third-order valence-corrected chi connectivity index (χ3v) is 4.85. The SMILES string of the molecule is OC1CCN(Cc2ccc(-c3ccc(F)cc3)s2)CC1. The lowest BCUT2D eigenvalue weighted by molar-refractivity contribution is 0.0797. The molecule has 1 aliphatic rings. The molecule has 2 aromatic rings. The number of nitrogens with zero attached hydrogens (tertiary/aromatic N) is 1. The maximum atomic E-state index is 12.9. The zero-order valence-electron chi connectivity index (χ0n) is 11.3. The highest BCUT2D eigenvalue weighted by atomic mass is 32.1. The summed E-state index contributed by atoms with van der Waals surface area (Å²) in [5, 5.41) is 9.51. The topological polar surface area (TPSA) is 23.5 Å². The van der Waals surface area contributed by atoms with Gasteiger partial charge in [0.2, 0.25) is 0 Å². The van der Waals surface area contributed by atoms with Gasteiger partial charge in [0.15, 0.2) is 0 Å². The molecule has 0 bridgehead atoms. The van der Waals surface area contributed by atoms with E-state index in [9.17, 15) is 9.50 Å². The molecule has 4 heteroatoms. The predicted octanol–water partition coefficient (Wildman–Crippen LogP) is 3.51. The van der Waals surface area contributed by atoms with Crippen molar-refractivity contribution in [2.75, 3.05) is 13.1 Å². The van der Waals surface area contributed by atoms with E-state index in [0.717, 1.165) is 38.0 Å². The number of aliphatic hydroxyl groups excluding tert-OH is 1. The van der Waals surface area contributed by atoms with Crippen LogP contribution in [0.15, 0.2) is 36.4 Å². The van der Waals surface area contributed by atoms with Crippen molar-refractivity contribution in [2.24, 2.45) is 0 Å². The molecule has 0 spiro atoms. The molecule has 1 fully saturated rings. The van der Waals surface area contributed by atoms with Crippen molar-refractivity contribution in [1.29, 1.82) is 0 Å². The minimum absolute atomic E-state index is 0.121. The van der Waals surface area contributed by atoms with Gasteiger partial charge in [-0.3, -0.25) is 4.90 Å². The summed E-state index contributed by atoms with van der Waals surface area (Å²) in [5.74, 6) is -0.197. The van der Waals surface area contributed by atoms with E-state index in [1.165, 1.54) is 21.9 Å². The van der Waals surface area contributed by atoms with Crippen molar-refractivity contribution in [3.63, 3.8) is 0 Å². The van der Waals surface area contributed by atoms with Crippen LogP contribution in [0.2, 0.25) is 0 Å². The Balaban J connectivity index is 1.66. The van der Waals surface area contributed by atoms with E-state index in [1.807, 2.05) is 12.1 Å². The minimum Gasteiger partial charge on any atom is -0.393 e. The zero-order chi connectivity index (χ0) is 13.9. The van der Waals surface area contributed by atoms with Crippen LogP contribution in [0.5, 0.6) is 0 Å². The van der Waals surface area contributed by atoms with E-state index in [4.69, 9.17) is 0 Å². The zero-order valence-corrected chi connectivity index (χ0v) is 12.1. The van der Waals surface area contributed by atoms with Gasteiger partial charge in [-0.05, 0) is 42.7 Å². The number of thiophene rings is 1. The highest BCUT2D eigenvalue weighted by Crippen LogP contribution is 2.29. The van der Waals surface area contributed by atoms with Gasteiger partial charge in [-0.25, -0.2) is 4.39 Å². The van der Waals surface area contributed by atoms with Crippen molar-refractivity contribution in [2.45, 2.75) is 25.5 Å². The van der Waals surface area contributed by atoms with Gasteiger partial charge in [-0.2, -0.15) is 0 Å². The van der Waals surface area contributed by atoms with E-state index < -0.39 is 0 Å². The lowest BCUT2D eigenvalue weighted by atomic mass is 10.1. The lowest BCUT2D eigenvalue weighted by Crippen LogP contribution is -2.35. The first-order chi connectivity index (χ1) is 9.70. The fraction of sp³-hybridized carbons (Fsp3) is 0.375. The number of halogens is 1. The largest absolute Gasteiger partial charge is 0.393 e. The number of rotatable bonds is 3. The Hall–Kier alpha value is -1.23. The van der Waals surface area contributed by atoms with Gasteiger partial charge in [0.25, 0.3) is 0 Å². The van der Waals surface area contributed by atoms with Gasteiger partial charge < -0.3 is 5.11 Å². The van der Waals surface area contributed by atoms with Crippen LogP contribution in [0.25, 0.3) is 10.4 Å². The number of piperidine rings is 1. The Kier molecular flexibility index (Phi) is 4.15. The molecule has 1 aromatic heterocycles. The Morgan fingerprint density at radius 3 is 2.50 bits per heavy atom. The fourth-order valence-electron chi connectivity index (χ4n) is 2.53.